The molecule has 0 aliphatic heterocycles. The van der Waals surface area contributed by atoms with Gasteiger partial charge in [-0.15, -0.1) is 0 Å². The van der Waals surface area contributed by atoms with E-state index in [1.54, 1.807) is 13.8 Å². The monoisotopic (exact) mass is 247 g/mol. The Morgan fingerprint density at radius 3 is 2.44 bits per heavy atom. The minimum absolute atomic E-state index is 0.803. The Balaban J connectivity index is 2.31. The van der Waals surface area contributed by atoms with E-state index >= 15 is 0 Å². The molecule has 1 aromatic rings. The van der Waals surface area contributed by atoms with Crippen LogP contribution in [0.4, 0.5) is 5.69 Å². The van der Waals surface area contributed by atoms with Crippen molar-refractivity contribution in [3.8, 4) is 0 Å². The summed E-state index contributed by atoms with van der Waals surface area (Å²) >= 11 is 0. The molecule has 1 aliphatic rings. The molecule has 0 spiro atoms. The van der Waals surface area contributed by atoms with Crippen LogP contribution in [0.3, 0.4) is 0 Å². The second-order valence-corrected chi connectivity index (χ2v) is 5.58. The summed E-state index contributed by atoms with van der Waals surface area (Å²) < 4.78 is 0. The third-order valence-corrected chi connectivity index (χ3v) is 4.08. The van der Waals surface area contributed by atoms with E-state index in [4.69, 9.17) is 0 Å². The molecule has 3 nitrogen and oxygen atoms in total. The van der Waals surface area contributed by atoms with E-state index in [-0.39, 0.29) is 0 Å². The number of aliphatic carboxylic acids is 1. The van der Waals surface area contributed by atoms with Gasteiger partial charge in [0.05, 0.1) is 0 Å². The molecule has 1 N–H and O–H groups in total. The second-order valence-electron chi connectivity index (χ2n) is 5.58. The Morgan fingerprint density at radius 2 is 1.83 bits per heavy atom. The molecule has 0 saturated carbocycles. The third-order valence-electron chi connectivity index (χ3n) is 4.08. The van der Waals surface area contributed by atoms with E-state index in [0.717, 1.165) is 18.5 Å². The maximum atomic E-state index is 11.3. The van der Waals surface area contributed by atoms with Gasteiger partial charge >= 0.3 is 5.97 Å². The Hall–Kier alpha value is -1.51. The van der Waals surface area contributed by atoms with Gasteiger partial charge in [0.1, 0.15) is 5.54 Å². The van der Waals surface area contributed by atoms with Crippen molar-refractivity contribution in [1.29, 1.82) is 0 Å². The fraction of sp³-hybridized carbons (Fsp3) is 0.533. The highest BCUT2D eigenvalue weighted by Gasteiger charge is 2.32. The number of hydrogen-bond acceptors (Lipinski definition) is 2. The van der Waals surface area contributed by atoms with Gasteiger partial charge in [-0.25, -0.2) is 4.79 Å². The van der Waals surface area contributed by atoms with Crippen LogP contribution in [0.15, 0.2) is 18.2 Å². The number of anilines is 1. The zero-order valence-corrected chi connectivity index (χ0v) is 11.4. The average Bonchev–Trinajstić information content (AvgIpc) is 2.37. The fourth-order valence-corrected chi connectivity index (χ4v) is 2.39. The smallest absolute Gasteiger partial charge is 0.328 e. The first-order chi connectivity index (χ1) is 8.43. The molecule has 0 bridgehead atoms. The van der Waals surface area contributed by atoms with Crippen LogP contribution in [0.5, 0.6) is 0 Å². The Morgan fingerprint density at radius 1 is 1.22 bits per heavy atom. The van der Waals surface area contributed by atoms with E-state index in [2.05, 4.69) is 12.1 Å². The normalized spacial score (nSPS) is 15.1. The summed E-state index contributed by atoms with van der Waals surface area (Å²) in [7, 11) is 1.85. The molecule has 0 saturated heterocycles. The summed E-state index contributed by atoms with van der Waals surface area (Å²) in [5, 5.41) is 9.27. The summed E-state index contributed by atoms with van der Waals surface area (Å²) in [5.74, 6) is -0.803. The van der Waals surface area contributed by atoms with Crippen molar-refractivity contribution in [3.63, 3.8) is 0 Å². The number of carbonyl (C=O) groups is 1. The van der Waals surface area contributed by atoms with Gasteiger partial charge in [0.15, 0.2) is 0 Å². The molecular weight excluding hydrogens is 226 g/mol. The summed E-state index contributed by atoms with van der Waals surface area (Å²) in [6.45, 7) is 3.46. The van der Waals surface area contributed by atoms with Crippen LogP contribution in [-0.4, -0.2) is 23.7 Å². The van der Waals surface area contributed by atoms with Crippen molar-refractivity contribution in [2.75, 3.05) is 11.9 Å². The molecule has 3 heteroatoms. The molecule has 0 aromatic heterocycles. The summed E-state index contributed by atoms with van der Waals surface area (Å²) in [6, 6.07) is 6.34. The number of likely N-dealkylation sites (N-methyl/N-ethyl adjacent to an activating group) is 1. The number of nitrogens with zero attached hydrogens (tertiary/aromatic N) is 1. The second kappa shape index (κ2) is 4.63. The van der Waals surface area contributed by atoms with Crippen LogP contribution in [0.1, 0.15) is 37.8 Å². The summed E-state index contributed by atoms with van der Waals surface area (Å²) in [5.41, 5.74) is 2.91. The number of carboxylic acids is 1. The SMILES string of the molecule is CN(c1ccc2c(c1)CCCC2)C(C)(C)C(=O)O. The molecule has 0 atom stereocenters. The molecule has 0 fully saturated rings. The first kappa shape index (κ1) is 12.9. The minimum Gasteiger partial charge on any atom is -0.480 e. The largest absolute Gasteiger partial charge is 0.480 e. The molecule has 0 heterocycles. The number of aryl methyl sites for hydroxylation is 2. The van der Waals surface area contributed by atoms with Crippen LogP contribution >= 0.6 is 0 Å². The zero-order chi connectivity index (χ0) is 13.3. The van der Waals surface area contributed by atoms with Crippen LogP contribution < -0.4 is 4.90 Å². The van der Waals surface area contributed by atoms with Crippen molar-refractivity contribution >= 4 is 11.7 Å². The van der Waals surface area contributed by atoms with Crippen molar-refractivity contribution in [2.45, 2.75) is 45.1 Å². The lowest BCUT2D eigenvalue weighted by atomic mass is 9.91. The van der Waals surface area contributed by atoms with Crippen molar-refractivity contribution < 1.29 is 9.90 Å². The van der Waals surface area contributed by atoms with Gasteiger partial charge in [0.25, 0.3) is 0 Å². The molecule has 18 heavy (non-hydrogen) atoms. The molecule has 98 valence electrons. The predicted molar refractivity (Wildman–Crippen MR) is 73.2 cm³/mol. The molecule has 0 amide bonds. The number of fused-ring (bicyclic) bond motifs is 1. The Bertz CT molecular complexity index is 466. The number of rotatable bonds is 3. The van der Waals surface area contributed by atoms with Crippen LogP contribution in [0, 0.1) is 0 Å². The van der Waals surface area contributed by atoms with E-state index in [1.165, 1.54) is 24.0 Å². The molecule has 0 unspecified atom stereocenters. The van der Waals surface area contributed by atoms with Gasteiger partial charge in [-0.2, -0.15) is 0 Å². The highest BCUT2D eigenvalue weighted by atomic mass is 16.4. The summed E-state index contributed by atoms with van der Waals surface area (Å²) in [6.07, 6.45) is 4.78. The van der Waals surface area contributed by atoms with Crippen molar-refractivity contribution in [3.05, 3.63) is 29.3 Å². The third kappa shape index (κ3) is 2.22. The predicted octanol–water partition coefficient (Wildman–Crippen LogP) is 2.86. The maximum Gasteiger partial charge on any atom is 0.328 e. The lowest BCUT2D eigenvalue weighted by Gasteiger charge is -2.34. The first-order valence-electron chi connectivity index (χ1n) is 6.52. The maximum absolute atomic E-state index is 11.3. The highest BCUT2D eigenvalue weighted by Crippen LogP contribution is 2.28. The van der Waals surface area contributed by atoms with Gasteiger partial charge < -0.3 is 10.0 Å². The quantitative estimate of drug-likeness (QED) is 0.893. The zero-order valence-electron chi connectivity index (χ0n) is 11.4. The molecule has 1 aromatic carbocycles. The number of benzene rings is 1. The van der Waals surface area contributed by atoms with Crippen molar-refractivity contribution in [1.82, 2.24) is 0 Å². The minimum atomic E-state index is -0.886. The standard InChI is InChI=1S/C15H21NO2/c1-15(2,14(17)18)16(3)13-9-8-11-6-4-5-7-12(11)10-13/h8-10H,4-7H2,1-3H3,(H,17,18). The Kier molecular flexibility index (Phi) is 3.33. The van der Waals surface area contributed by atoms with E-state index in [1.807, 2.05) is 18.0 Å². The molecular formula is C15H21NO2. The Labute approximate surface area is 108 Å². The van der Waals surface area contributed by atoms with Crippen LogP contribution in [0.2, 0.25) is 0 Å². The average molecular weight is 247 g/mol. The lowest BCUT2D eigenvalue weighted by Crippen LogP contribution is -2.48. The highest BCUT2D eigenvalue weighted by molar-refractivity contribution is 5.82. The van der Waals surface area contributed by atoms with Crippen molar-refractivity contribution in [2.24, 2.45) is 0 Å². The molecule has 2 rings (SSSR count). The van der Waals surface area contributed by atoms with Gasteiger partial charge in [0, 0.05) is 12.7 Å². The van der Waals surface area contributed by atoms with E-state index in [0.29, 0.717) is 0 Å². The van der Waals surface area contributed by atoms with Gasteiger partial charge in [0.2, 0.25) is 0 Å². The topological polar surface area (TPSA) is 40.5 Å². The molecule has 0 radical (unpaired) electrons. The number of hydrogen-bond donors (Lipinski definition) is 1. The van der Waals surface area contributed by atoms with Gasteiger partial charge in [-0.1, -0.05) is 6.07 Å². The van der Waals surface area contributed by atoms with Crippen LogP contribution in [-0.2, 0) is 17.6 Å². The molecule has 1 aliphatic carbocycles. The first-order valence-corrected chi connectivity index (χ1v) is 6.52. The van der Waals surface area contributed by atoms with Gasteiger partial charge in [-0.3, -0.25) is 0 Å². The number of carboxylic acid groups (broad SMARTS) is 1. The fourth-order valence-electron chi connectivity index (χ4n) is 2.39. The van der Waals surface area contributed by atoms with E-state index < -0.39 is 11.5 Å². The van der Waals surface area contributed by atoms with E-state index in [9.17, 15) is 9.90 Å². The van der Waals surface area contributed by atoms with Gasteiger partial charge in [-0.05, 0) is 62.8 Å². The summed E-state index contributed by atoms with van der Waals surface area (Å²) in [4.78, 5) is 13.1. The lowest BCUT2D eigenvalue weighted by molar-refractivity contribution is -0.142. The van der Waals surface area contributed by atoms with Crippen LogP contribution in [0.25, 0.3) is 0 Å².